The van der Waals surface area contributed by atoms with Crippen molar-refractivity contribution < 1.29 is 9.47 Å². The zero-order valence-corrected chi connectivity index (χ0v) is 11.9. The van der Waals surface area contributed by atoms with E-state index in [1.807, 2.05) is 42.6 Å². The first-order chi connectivity index (χ1) is 9.83. The maximum Gasteiger partial charge on any atom is 0.161 e. The molecular weight excluding hydrogens is 252 g/mol. The summed E-state index contributed by atoms with van der Waals surface area (Å²) in [6.07, 6.45) is 2.75. The zero-order valence-electron chi connectivity index (χ0n) is 11.9. The minimum Gasteiger partial charge on any atom is -0.493 e. The smallest absolute Gasteiger partial charge is 0.161 e. The van der Waals surface area contributed by atoms with E-state index in [2.05, 4.69) is 10.3 Å². The van der Waals surface area contributed by atoms with Gasteiger partial charge < -0.3 is 14.8 Å². The van der Waals surface area contributed by atoms with E-state index in [0.717, 1.165) is 36.7 Å². The maximum absolute atomic E-state index is 5.29. The Balaban J connectivity index is 1.82. The standard InChI is InChI=1S/C16H20N2O2/c1-19-15-7-6-13(11-16(15)20-2)12-17-10-8-14-5-3-4-9-18-14/h3-7,9,11,17H,8,10,12H2,1-2H3. The van der Waals surface area contributed by atoms with Crippen LogP contribution in [0, 0.1) is 0 Å². The minimum atomic E-state index is 0.754. The second-order valence-electron chi connectivity index (χ2n) is 4.44. The van der Waals surface area contributed by atoms with Crippen LogP contribution in [0.25, 0.3) is 0 Å². The van der Waals surface area contributed by atoms with Crippen molar-refractivity contribution in [2.24, 2.45) is 0 Å². The molecule has 0 aliphatic carbocycles. The molecule has 0 atom stereocenters. The first-order valence-electron chi connectivity index (χ1n) is 6.65. The Bertz CT molecular complexity index is 529. The van der Waals surface area contributed by atoms with Crippen LogP contribution in [0.5, 0.6) is 11.5 Å². The number of nitrogens with one attached hydrogen (secondary N) is 1. The molecule has 0 unspecified atom stereocenters. The molecule has 0 saturated carbocycles. The van der Waals surface area contributed by atoms with Gasteiger partial charge in [0.25, 0.3) is 0 Å². The van der Waals surface area contributed by atoms with Crippen LogP contribution in [0.2, 0.25) is 0 Å². The van der Waals surface area contributed by atoms with Gasteiger partial charge in [-0.3, -0.25) is 4.98 Å². The van der Waals surface area contributed by atoms with Crippen LogP contribution in [0.1, 0.15) is 11.3 Å². The van der Waals surface area contributed by atoms with E-state index >= 15 is 0 Å². The van der Waals surface area contributed by atoms with Crippen LogP contribution >= 0.6 is 0 Å². The van der Waals surface area contributed by atoms with E-state index in [1.54, 1.807) is 14.2 Å². The summed E-state index contributed by atoms with van der Waals surface area (Å²) >= 11 is 0. The van der Waals surface area contributed by atoms with Crippen molar-refractivity contribution in [3.63, 3.8) is 0 Å². The molecule has 1 aromatic carbocycles. The fraction of sp³-hybridized carbons (Fsp3) is 0.312. The predicted octanol–water partition coefficient (Wildman–Crippen LogP) is 2.43. The van der Waals surface area contributed by atoms with Crippen molar-refractivity contribution in [2.45, 2.75) is 13.0 Å². The topological polar surface area (TPSA) is 43.4 Å². The van der Waals surface area contributed by atoms with Crippen molar-refractivity contribution in [3.8, 4) is 11.5 Å². The van der Waals surface area contributed by atoms with Gasteiger partial charge in [0.2, 0.25) is 0 Å². The average Bonchev–Trinajstić information content (AvgIpc) is 2.52. The Morgan fingerprint density at radius 2 is 1.90 bits per heavy atom. The van der Waals surface area contributed by atoms with Crippen LogP contribution in [0.3, 0.4) is 0 Å². The lowest BCUT2D eigenvalue weighted by molar-refractivity contribution is 0.354. The number of aromatic nitrogens is 1. The van der Waals surface area contributed by atoms with Gasteiger partial charge in [-0.1, -0.05) is 12.1 Å². The quantitative estimate of drug-likeness (QED) is 0.786. The van der Waals surface area contributed by atoms with E-state index < -0.39 is 0 Å². The van der Waals surface area contributed by atoms with Gasteiger partial charge in [0, 0.05) is 31.4 Å². The lowest BCUT2D eigenvalue weighted by Gasteiger charge is -2.10. The third kappa shape index (κ3) is 3.96. The summed E-state index contributed by atoms with van der Waals surface area (Å²) < 4.78 is 10.5. The minimum absolute atomic E-state index is 0.754. The Morgan fingerprint density at radius 1 is 1.05 bits per heavy atom. The molecule has 0 bridgehead atoms. The van der Waals surface area contributed by atoms with E-state index in [0.29, 0.717) is 0 Å². The highest BCUT2D eigenvalue weighted by Gasteiger charge is 2.04. The van der Waals surface area contributed by atoms with Crippen molar-refractivity contribution in [1.82, 2.24) is 10.3 Å². The number of hydrogen-bond acceptors (Lipinski definition) is 4. The van der Waals surface area contributed by atoms with Crippen molar-refractivity contribution in [1.29, 1.82) is 0 Å². The van der Waals surface area contributed by atoms with E-state index in [-0.39, 0.29) is 0 Å². The summed E-state index contributed by atoms with van der Waals surface area (Å²) in [7, 11) is 3.29. The van der Waals surface area contributed by atoms with E-state index in [4.69, 9.17) is 9.47 Å². The highest BCUT2D eigenvalue weighted by Crippen LogP contribution is 2.27. The summed E-state index contributed by atoms with van der Waals surface area (Å²) in [5.74, 6) is 1.52. The number of hydrogen-bond donors (Lipinski definition) is 1. The zero-order chi connectivity index (χ0) is 14.2. The fourth-order valence-corrected chi connectivity index (χ4v) is 1.99. The SMILES string of the molecule is COc1ccc(CNCCc2ccccn2)cc1OC. The van der Waals surface area contributed by atoms with Gasteiger partial charge in [-0.2, -0.15) is 0 Å². The lowest BCUT2D eigenvalue weighted by atomic mass is 10.2. The Hall–Kier alpha value is -2.07. The molecule has 0 saturated heterocycles. The summed E-state index contributed by atoms with van der Waals surface area (Å²) in [6, 6.07) is 11.9. The number of benzene rings is 1. The van der Waals surface area contributed by atoms with Crippen molar-refractivity contribution in [2.75, 3.05) is 20.8 Å². The number of rotatable bonds is 7. The Kier molecular flexibility index (Phi) is 5.38. The molecule has 0 aliphatic rings. The van der Waals surface area contributed by atoms with Gasteiger partial charge in [0.05, 0.1) is 14.2 Å². The van der Waals surface area contributed by atoms with Gasteiger partial charge in [0.1, 0.15) is 0 Å². The molecule has 0 aliphatic heterocycles. The molecule has 106 valence electrons. The number of ether oxygens (including phenoxy) is 2. The Labute approximate surface area is 119 Å². The maximum atomic E-state index is 5.29. The molecule has 0 spiro atoms. The van der Waals surface area contributed by atoms with Crippen LogP contribution < -0.4 is 14.8 Å². The fourth-order valence-electron chi connectivity index (χ4n) is 1.99. The van der Waals surface area contributed by atoms with Gasteiger partial charge in [-0.25, -0.2) is 0 Å². The summed E-state index contributed by atoms with van der Waals surface area (Å²) in [5, 5.41) is 3.40. The Morgan fingerprint density at radius 3 is 2.60 bits per heavy atom. The average molecular weight is 272 g/mol. The number of pyridine rings is 1. The van der Waals surface area contributed by atoms with Gasteiger partial charge in [-0.15, -0.1) is 0 Å². The molecule has 0 fully saturated rings. The molecule has 2 aromatic rings. The number of methoxy groups -OCH3 is 2. The monoisotopic (exact) mass is 272 g/mol. The van der Waals surface area contributed by atoms with Gasteiger partial charge in [-0.05, 0) is 29.8 Å². The highest BCUT2D eigenvalue weighted by molar-refractivity contribution is 5.42. The molecule has 20 heavy (non-hydrogen) atoms. The first-order valence-corrected chi connectivity index (χ1v) is 6.65. The molecule has 1 aromatic heterocycles. The molecule has 4 heteroatoms. The second-order valence-corrected chi connectivity index (χ2v) is 4.44. The van der Waals surface area contributed by atoms with E-state index in [9.17, 15) is 0 Å². The van der Waals surface area contributed by atoms with Crippen LogP contribution in [0.4, 0.5) is 0 Å². The predicted molar refractivity (Wildman–Crippen MR) is 79.2 cm³/mol. The molecular formula is C16H20N2O2. The summed E-state index contributed by atoms with van der Waals surface area (Å²) in [5.41, 5.74) is 2.27. The first kappa shape index (κ1) is 14.3. The van der Waals surface area contributed by atoms with Crippen LogP contribution in [-0.2, 0) is 13.0 Å². The lowest BCUT2D eigenvalue weighted by Crippen LogP contribution is -2.17. The van der Waals surface area contributed by atoms with Crippen molar-refractivity contribution >= 4 is 0 Å². The van der Waals surface area contributed by atoms with Gasteiger partial charge >= 0.3 is 0 Å². The van der Waals surface area contributed by atoms with Gasteiger partial charge in [0.15, 0.2) is 11.5 Å². The molecule has 0 radical (unpaired) electrons. The third-order valence-corrected chi connectivity index (χ3v) is 3.06. The molecule has 1 N–H and O–H groups in total. The third-order valence-electron chi connectivity index (χ3n) is 3.06. The largest absolute Gasteiger partial charge is 0.493 e. The highest BCUT2D eigenvalue weighted by atomic mass is 16.5. The summed E-state index contributed by atoms with van der Waals surface area (Å²) in [6.45, 7) is 1.69. The van der Waals surface area contributed by atoms with Crippen LogP contribution in [0.15, 0.2) is 42.6 Å². The molecule has 0 amide bonds. The van der Waals surface area contributed by atoms with E-state index in [1.165, 1.54) is 5.56 Å². The second kappa shape index (κ2) is 7.50. The normalized spacial score (nSPS) is 10.3. The molecule has 1 heterocycles. The summed E-state index contributed by atoms with van der Waals surface area (Å²) in [4.78, 5) is 4.30. The molecule has 4 nitrogen and oxygen atoms in total. The van der Waals surface area contributed by atoms with Crippen molar-refractivity contribution in [3.05, 3.63) is 53.9 Å². The van der Waals surface area contributed by atoms with Crippen LogP contribution in [-0.4, -0.2) is 25.7 Å². The molecule has 2 rings (SSSR count). The number of nitrogens with zero attached hydrogens (tertiary/aromatic N) is 1.